The number of hydrogen-bond acceptors (Lipinski definition) is 6. The van der Waals surface area contributed by atoms with Crippen LogP contribution in [0.3, 0.4) is 0 Å². The van der Waals surface area contributed by atoms with Gasteiger partial charge in [-0.2, -0.15) is 11.3 Å². The van der Waals surface area contributed by atoms with Crippen LogP contribution in [0.2, 0.25) is 0 Å². The van der Waals surface area contributed by atoms with Gasteiger partial charge in [0.25, 0.3) is 0 Å². The van der Waals surface area contributed by atoms with Crippen molar-refractivity contribution in [1.82, 2.24) is 9.97 Å². The maximum atomic E-state index is 11.8. The van der Waals surface area contributed by atoms with E-state index >= 15 is 0 Å². The number of hydrogen-bond donors (Lipinski definition) is 2. The second kappa shape index (κ2) is 7.53. The van der Waals surface area contributed by atoms with Crippen molar-refractivity contribution in [3.8, 4) is 11.1 Å². The quantitative estimate of drug-likeness (QED) is 0.654. The summed E-state index contributed by atoms with van der Waals surface area (Å²) in [4.78, 5) is 20.4. The lowest BCUT2D eigenvalue weighted by atomic mass is 10.2. The third-order valence-electron chi connectivity index (χ3n) is 3.29. The highest BCUT2D eigenvalue weighted by Gasteiger charge is 2.16. The zero-order valence-electron chi connectivity index (χ0n) is 14.8. The fourth-order valence-electron chi connectivity index (χ4n) is 2.16. The van der Waals surface area contributed by atoms with Crippen LogP contribution in [0.25, 0.3) is 11.1 Å². The molecular weight excluding hydrogens is 348 g/mol. The Balaban J connectivity index is 1.60. The monoisotopic (exact) mass is 368 g/mol. The number of ether oxygens (including phenoxy) is 1. The van der Waals surface area contributed by atoms with Gasteiger partial charge in [0.15, 0.2) is 0 Å². The second-order valence-electron chi connectivity index (χ2n) is 6.64. The Kier molecular flexibility index (Phi) is 5.18. The predicted molar refractivity (Wildman–Crippen MR) is 105 cm³/mol. The minimum absolute atomic E-state index is 0.481. The van der Waals surface area contributed by atoms with Crippen molar-refractivity contribution in [1.29, 1.82) is 0 Å². The van der Waals surface area contributed by atoms with Crippen molar-refractivity contribution in [2.24, 2.45) is 0 Å². The maximum Gasteiger partial charge on any atom is 0.412 e. The number of amides is 1. The van der Waals surface area contributed by atoms with Crippen molar-refractivity contribution >= 4 is 34.8 Å². The van der Waals surface area contributed by atoms with Gasteiger partial charge in [0.1, 0.15) is 5.60 Å². The van der Waals surface area contributed by atoms with Gasteiger partial charge in [0, 0.05) is 29.3 Å². The predicted octanol–water partition coefficient (Wildman–Crippen LogP) is 5.30. The number of carbonyl (C=O) groups is 1. The highest BCUT2D eigenvalue weighted by Crippen LogP contribution is 2.22. The zero-order chi connectivity index (χ0) is 18.6. The summed E-state index contributed by atoms with van der Waals surface area (Å²) in [5.41, 5.74) is 3.03. The number of rotatable bonds is 4. The smallest absolute Gasteiger partial charge is 0.412 e. The summed E-state index contributed by atoms with van der Waals surface area (Å²) < 4.78 is 5.22. The standard InChI is InChI=1S/C19H20N4O2S/c1-19(2,3)25-18(24)23-16-6-4-15(5-7-16)22-17-20-10-14(11-21-17)13-8-9-26-12-13/h4-12H,1-3H3,(H,23,24)(H,20,21,22). The van der Waals surface area contributed by atoms with Gasteiger partial charge in [-0.25, -0.2) is 14.8 Å². The highest BCUT2D eigenvalue weighted by molar-refractivity contribution is 7.08. The van der Waals surface area contributed by atoms with Crippen molar-refractivity contribution in [3.63, 3.8) is 0 Å². The molecule has 1 amide bonds. The van der Waals surface area contributed by atoms with Gasteiger partial charge in [-0.15, -0.1) is 0 Å². The maximum absolute atomic E-state index is 11.8. The van der Waals surface area contributed by atoms with E-state index in [0.29, 0.717) is 11.6 Å². The SMILES string of the molecule is CC(C)(C)OC(=O)Nc1ccc(Nc2ncc(-c3ccsc3)cn2)cc1. The molecule has 0 radical (unpaired) electrons. The molecule has 0 atom stereocenters. The number of thiophene rings is 1. The van der Waals surface area contributed by atoms with Gasteiger partial charge in [0.2, 0.25) is 5.95 Å². The van der Waals surface area contributed by atoms with Gasteiger partial charge < -0.3 is 10.1 Å². The van der Waals surface area contributed by atoms with E-state index in [-0.39, 0.29) is 0 Å². The van der Waals surface area contributed by atoms with E-state index in [1.54, 1.807) is 35.9 Å². The van der Waals surface area contributed by atoms with E-state index in [9.17, 15) is 4.79 Å². The van der Waals surface area contributed by atoms with Gasteiger partial charge in [0.05, 0.1) is 0 Å². The molecule has 7 heteroatoms. The topological polar surface area (TPSA) is 76.1 Å². The first-order chi connectivity index (χ1) is 12.4. The molecule has 2 heterocycles. The third-order valence-corrected chi connectivity index (χ3v) is 3.98. The summed E-state index contributed by atoms with van der Waals surface area (Å²) in [5.74, 6) is 0.511. The van der Waals surface area contributed by atoms with Gasteiger partial charge in [-0.3, -0.25) is 5.32 Å². The molecule has 0 fully saturated rings. The number of nitrogens with one attached hydrogen (secondary N) is 2. The largest absolute Gasteiger partial charge is 0.444 e. The van der Waals surface area contributed by atoms with Crippen LogP contribution >= 0.6 is 11.3 Å². The second-order valence-corrected chi connectivity index (χ2v) is 7.42. The van der Waals surface area contributed by atoms with Crippen LogP contribution < -0.4 is 10.6 Å². The molecule has 3 aromatic rings. The first kappa shape index (κ1) is 17.9. The van der Waals surface area contributed by atoms with Crippen LogP contribution in [0.15, 0.2) is 53.5 Å². The van der Waals surface area contributed by atoms with Crippen molar-refractivity contribution < 1.29 is 9.53 Å². The average Bonchev–Trinajstić information content (AvgIpc) is 3.10. The minimum atomic E-state index is -0.530. The lowest BCUT2D eigenvalue weighted by Gasteiger charge is -2.19. The fraction of sp³-hybridized carbons (Fsp3) is 0.211. The number of carbonyl (C=O) groups excluding carboxylic acids is 1. The summed E-state index contributed by atoms with van der Waals surface area (Å²) >= 11 is 1.64. The summed E-state index contributed by atoms with van der Waals surface area (Å²) in [7, 11) is 0. The molecular formula is C19H20N4O2S. The Morgan fingerprint density at radius 2 is 1.65 bits per heavy atom. The summed E-state index contributed by atoms with van der Waals surface area (Å²) in [5, 5.41) is 9.90. The molecule has 0 aliphatic rings. The fourth-order valence-corrected chi connectivity index (χ4v) is 2.82. The molecule has 26 heavy (non-hydrogen) atoms. The lowest BCUT2D eigenvalue weighted by molar-refractivity contribution is 0.0636. The Labute approximate surface area is 156 Å². The molecule has 0 saturated carbocycles. The van der Waals surface area contributed by atoms with E-state index in [1.165, 1.54) is 0 Å². The van der Waals surface area contributed by atoms with E-state index in [4.69, 9.17) is 4.74 Å². The van der Waals surface area contributed by atoms with Crippen molar-refractivity contribution in [2.75, 3.05) is 10.6 Å². The van der Waals surface area contributed by atoms with Crippen molar-refractivity contribution in [2.45, 2.75) is 26.4 Å². The lowest BCUT2D eigenvalue weighted by Crippen LogP contribution is -2.27. The molecule has 0 aliphatic heterocycles. The number of anilines is 3. The molecule has 6 nitrogen and oxygen atoms in total. The van der Waals surface area contributed by atoms with Gasteiger partial charge in [-0.1, -0.05) is 0 Å². The number of aromatic nitrogens is 2. The van der Waals surface area contributed by atoms with E-state index < -0.39 is 11.7 Å². The molecule has 2 aromatic heterocycles. The van der Waals surface area contributed by atoms with Crippen LogP contribution in [0.5, 0.6) is 0 Å². The highest BCUT2D eigenvalue weighted by atomic mass is 32.1. The Morgan fingerprint density at radius 1 is 1.00 bits per heavy atom. The summed E-state index contributed by atoms with van der Waals surface area (Å²) in [6.45, 7) is 5.47. The van der Waals surface area contributed by atoms with Gasteiger partial charge in [-0.05, 0) is 67.4 Å². The van der Waals surface area contributed by atoms with Gasteiger partial charge >= 0.3 is 6.09 Å². The van der Waals surface area contributed by atoms with Crippen molar-refractivity contribution in [3.05, 3.63) is 53.5 Å². The molecule has 3 rings (SSSR count). The molecule has 0 saturated heterocycles. The van der Waals surface area contributed by atoms with Crippen LogP contribution in [0.1, 0.15) is 20.8 Å². The molecule has 2 N–H and O–H groups in total. The van der Waals surface area contributed by atoms with E-state index in [1.807, 2.05) is 44.4 Å². The minimum Gasteiger partial charge on any atom is -0.444 e. The normalized spacial score (nSPS) is 11.0. The molecule has 0 aliphatic carbocycles. The molecule has 1 aromatic carbocycles. The van der Waals surface area contributed by atoms with Crippen LogP contribution in [0.4, 0.5) is 22.1 Å². The average molecular weight is 368 g/mol. The van der Waals surface area contributed by atoms with Crippen LogP contribution in [-0.4, -0.2) is 21.7 Å². The zero-order valence-corrected chi connectivity index (χ0v) is 15.6. The summed E-state index contributed by atoms with van der Waals surface area (Å²) in [6.07, 6.45) is 3.09. The van der Waals surface area contributed by atoms with E-state index in [0.717, 1.165) is 16.8 Å². The van der Waals surface area contributed by atoms with E-state index in [2.05, 4.69) is 26.0 Å². The number of benzene rings is 1. The molecule has 134 valence electrons. The molecule has 0 spiro atoms. The Hall–Kier alpha value is -2.93. The number of nitrogens with zero attached hydrogens (tertiary/aromatic N) is 2. The molecule has 0 unspecified atom stereocenters. The first-order valence-electron chi connectivity index (χ1n) is 8.11. The Bertz CT molecular complexity index is 854. The van der Waals surface area contributed by atoms with Crippen LogP contribution in [-0.2, 0) is 4.74 Å². The first-order valence-corrected chi connectivity index (χ1v) is 9.05. The third kappa shape index (κ3) is 5.03. The Morgan fingerprint density at radius 3 is 2.23 bits per heavy atom. The molecule has 0 bridgehead atoms. The van der Waals surface area contributed by atoms with Crippen LogP contribution in [0, 0.1) is 0 Å². The summed E-state index contributed by atoms with van der Waals surface area (Å²) in [6, 6.07) is 9.27.